The maximum atomic E-state index is 2.46. The minimum atomic E-state index is 0.272. The Kier molecular flexibility index (Phi) is 2.49. The second-order valence-corrected chi connectivity index (χ2v) is 5.42. The lowest BCUT2D eigenvalue weighted by Gasteiger charge is -2.21. The van der Waals surface area contributed by atoms with Gasteiger partial charge in [-0.25, -0.2) is 0 Å². The van der Waals surface area contributed by atoms with Crippen LogP contribution in [0.25, 0.3) is 0 Å². The van der Waals surface area contributed by atoms with E-state index in [0.29, 0.717) is 0 Å². The molecule has 0 atom stereocenters. The summed E-state index contributed by atoms with van der Waals surface area (Å²) in [6.45, 7) is 11.4. The minimum Gasteiger partial charge on any atom is -0.371 e. The van der Waals surface area contributed by atoms with E-state index in [0.717, 1.165) is 6.54 Å². The van der Waals surface area contributed by atoms with Crippen molar-refractivity contribution < 1.29 is 0 Å². The van der Waals surface area contributed by atoms with E-state index in [9.17, 15) is 0 Å². The number of hydrogen-bond donors (Lipinski definition) is 0. The molecule has 0 fully saturated rings. The number of nitrogens with zero attached hydrogens (tertiary/aromatic N) is 1. The smallest absolute Gasteiger partial charge is 0.0399 e. The Bertz CT molecular complexity index is 360. The molecule has 1 heteroatoms. The highest BCUT2D eigenvalue weighted by Crippen LogP contribution is 2.32. The molecule has 0 spiro atoms. The van der Waals surface area contributed by atoms with Crippen LogP contribution in [0.1, 0.15) is 38.8 Å². The van der Waals surface area contributed by atoms with E-state index in [4.69, 9.17) is 0 Å². The molecule has 15 heavy (non-hydrogen) atoms. The fraction of sp³-hybridized carbons (Fsp3) is 0.571. The van der Waals surface area contributed by atoms with E-state index < -0.39 is 0 Å². The number of benzene rings is 1. The Morgan fingerprint density at radius 3 is 2.60 bits per heavy atom. The van der Waals surface area contributed by atoms with Gasteiger partial charge in [0.05, 0.1) is 0 Å². The number of rotatable bonds is 1. The average Bonchev–Trinajstić information content (AvgIpc) is 2.58. The maximum Gasteiger partial charge on any atom is 0.0399 e. The summed E-state index contributed by atoms with van der Waals surface area (Å²) in [5, 5.41) is 0. The molecule has 1 aromatic rings. The first kappa shape index (κ1) is 10.5. The Hall–Kier alpha value is -0.980. The number of fused-ring (bicyclic) bond motifs is 1. The van der Waals surface area contributed by atoms with Crippen molar-refractivity contribution in [3.8, 4) is 0 Å². The third-order valence-corrected chi connectivity index (χ3v) is 3.32. The fourth-order valence-electron chi connectivity index (χ4n) is 2.27. The molecule has 1 aliphatic heterocycles. The summed E-state index contributed by atoms with van der Waals surface area (Å²) in [7, 11) is 0. The SMILES string of the molecule is CCN1CCc2cc(C(C)(C)C)ccc21. The van der Waals surface area contributed by atoms with Crippen molar-refractivity contribution in [2.75, 3.05) is 18.0 Å². The van der Waals surface area contributed by atoms with Crippen LogP contribution >= 0.6 is 0 Å². The summed E-state index contributed by atoms with van der Waals surface area (Å²) in [4.78, 5) is 2.46. The van der Waals surface area contributed by atoms with Gasteiger partial charge in [0.2, 0.25) is 0 Å². The summed E-state index contributed by atoms with van der Waals surface area (Å²) >= 11 is 0. The van der Waals surface area contributed by atoms with Gasteiger partial charge in [-0.2, -0.15) is 0 Å². The second-order valence-electron chi connectivity index (χ2n) is 5.42. The molecule has 0 aromatic heterocycles. The van der Waals surface area contributed by atoms with Crippen LogP contribution in [0, 0.1) is 0 Å². The van der Waals surface area contributed by atoms with Gasteiger partial charge in [0.15, 0.2) is 0 Å². The van der Waals surface area contributed by atoms with Crippen LogP contribution in [0.4, 0.5) is 5.69 Å². The third kappa shape index (κ3) is 1.88. The monoisotopic (exact) mass is 203 g/mol. The molecule has 1 aliphatic rings. The van der Waals surface area contributed by atoms with Gasteiger partial charge >= 0.3 is 0 Å². The van der Waals surface area contributed by atoms with Crippen LogP contribution < -0.4 is 4.90 Å². The molecule has 0 saturated heterocycles. The van der Waals surface area contributed by atoms with Gasteiger partial charge < -0.3 is 4.90 Å². The van der Waals surface area contributed by atoms with Crippen molar-refractivity contribution in [2.24, 2.45) is 0 Å². The minimum absolute atomic E-state index is 0.272. The van der Waals surface area contributed by atoms with Crippen molar-refractivity contribution in [3.63, 3.8) is 0 Å². The van der Waals surface area contributed by atoms with E-state index in [1.165, 1.54) is 29.8 Å². The molecule has 1 aromatic carbocycles. The van der Waals surface area contributed by atoms with Gasteiger partial charge in [-0.1, -0.05) is 32.9 Å². The van der Waals surface area contributed by atoms with Gasteiger partial charge in [-0.15, -0.1) is 0 Å². The van der Waals surface area contributed by atoms with E-state index in [-0.39, 0.29) is 5.41 Å². The summed E-state index contributed by atoms with van der Waals surface area (Å²) < 4.78 is 0. The van der Waals surface area contributed by atoms with Gasteiger partial charge in [-0.3, -0.25) is 0 Å². The molecular weight excluding hydrogens is 182 g/mol. The topological polar surface area (TPSA) is 3.24 Å². The lowest BCUT2D eigenvalue weighted by Crippen LogP contribution is -2.19. The lowest BCUT2D eigenvalue weighted by molar-refractivity contribution is 0.590. The quantitative estimate of drug-likeness (QED) is 0.676. The van der Waals surface area contributed by atoms with Crippen LogP contribution in [-0.2, 0) is 11.8 Å². The summed E-state index contributed by atoms with van der Waals surface area (Å²) in [5.74, 6) is 0. The van der Waals surface area contributed by atoms with Crippen LogP contribution in [0.2, 0.25) is 0 Å². The lowest BCUT2D eigenvalue weighted by atomic mass is 9.86. The molecule has 0 aliphatic carbocycles. The van der Waals surface area contributed by atoms with Gasteiger partial charge in [0.1, 0.15) is 0 Å². The zero-order chi connectivity index (χ0) is 11.1. The van der Waals surface area contributed by atoms with Crippen molar-refractivity contribution in [3.05, 3.63) is 29.3 Å². The molecule has 1 heterocycles. The molecule has 0 unspecified atom stereocenters. The molecule has 0 bridgehead atoms. The maximum absolute atomic E-state index is 2.46. The number of hydrogen-bond acceptors (Lipinski definition) is 1. The van der Waals surface area contributed by atoms with Crippen LogP contribution in [0.3, 0.4) is 0 Å². The number of anilines is 1. The predicted molar refractivity (Wildman–Crippen MR) is 66.7 cm³/mol. The van der Waals surface area contributed by atoms with Gasteiger partial charge in [-0.05, 0) is 36.0 Å². The molecule has 2 rings (SSSR count). The van der Waals surface area contributed by atoms with E-state index >= 15 is 0 Å². The molecule has 0 saturated carbocycles. The Morgan fingerprint density at radius 1 is 1.27 bits per heavy atom. The van der Waals surface area contributed by atoms with Crippen LogP contribution in [0.15, 0.2) is 18.2 Å². The third-order valence-electron chi connectivity index (χ3n) is 3.32. The normalized spacial score (nSPS) is 15.6. The summed E-state index contributed by atoms with van der Waals surface area (Å²) in [5.41, 5.74) is 4.71. The summed E-state index contributed by atoms with van der Waals surface area (Å²) in [6.07, 6.45) is 1.22. The molecule has 82 valence electrons. The fourth-order valence-corrected chi connectivity index (χ4v) is 2.27. The van der Waals surface area contributed by atoms with Crippen molar-refractivity contribution in [1.29, 1.82) is 0 Å². The Morgan fingerprint density at radius 2 is 2.00 bits per heavy atom. The van der Waals surface area contributed by atoms with Crippen molar-refractivity contribution >= 4 is 5.69 Å². The second kappa shape index (κ2) is 3.55. The van der Waals surface area contributed by atoms with E-state index in [1.807, 2.05) is 0 Å². The highest BCUT2D eigenvalue weighted by molar-refractivity contribution is 5.59. The molecular formula is C14H21N. The summed E-state index contributed by atoms with van der Waals surface area (Å²) in [6, 6.07) is 6.98. The number of likely N-dealkylation sites (N-methyl/N-ethyl adjacent to an activating group) is 1. The van der Waals surface area contributed by atoms with Crippen molar-refractivity contribution in [1.82, 2.24) is 0 Å². The average molecular weight is 203 g/mol. The molecule has 0 N–H and O–H groups in total. The largest absolute Gasteiger partial charge is 0.371 e. The van der Waals surface area contributed by atoms with Crippen molar-refractivity contribution in [2.45, 2.75) is 39.5 Å². The zero-order valence-corrected chi connectivity index (χ0v) is 10.3. The molecule has 0 amide bonds. The standard InChI is InChI=1S/C14H21N/c1-5-15-9-8-11-10-12(14(2,3)4)6-7-13(11)15/h6-7,10H,5,8-9H2,1-4H3. The first-order valence-electron chi connectivity index (χ1n) is 5.90. The highest BCUT2D eigenvalue weighted by Gasteiger charge is 2.20. The Labute approximate surface area is 93.1 Å². The first-order chi connectivity index (χ1) is 7.02. The first-order valence-corrected chi connectivity index (χ1v) is 5.90. The van der Waals surface area contributed by atoms with Gasteiger partial charge in [0, 0.05) is 18.8 Å². The zero-order valence-electron chi connectivity index (χ0n) is 10.3. The molecule has 1 nitrogen and oxygen atoms in total. The van der Waals surface area contributed by atoms with E-state index in [2.05, 4.69) is 50.8 Å². The van der Waals surface area contributed by atoms with Crippen LogP contribution in [-0.4, -0.2) is 13.1 Å². The van der Waals surface area contributed by atoms with Crippen LogP contribution in [0.5, 0.6) is 0 Å². The Balaban J connectivity index is 2.37. The van der Waals surface area contributed by atoms with Gasteiger partial charge in [0.25, 0.3) is 0 Å². The van der Waals surface area contributed by atoms with E-state index in [1.54, 1.807) is 0 Å². The highest BCUT2D eigenvalue weighted by atomic mass is 15.1. The predicted octanol–water partition coefficient (Wildman–Crippen LogP) is 3.37. The molecule has 0 radical (unpaired) electrons.